The third kappa shape index (κ3) is 4.81. The van der Waals surface area contributed by atoms with Gasteiger partial charge in [-0.1, -0.05) is 18.2 Å². The van der Waals surface area contributed by atoms with Crippen LogP contribution in [-0.2, 0) is 0 Å². The van der Waals surface area contributed by atoms with Crippen molar-refractivity contribution in [1.29, 1.82) is 0 Å². The first-order chi connectivity index (χ1) is 14.9. The van der Waals surface area contributed by atoms with Crippen LogP contribution in [0.1, 0.15) is 34.5 Å². The van der Waals surface area contributed by atoms with Crippen LogP contribution in [0.3, 0.4) is 0 Å². The van der Waals surface area contributed by atoms with Gasteiger partial charge in [-0.25, -0.2) is 14.4 Å². The first-order valence-corrected chi connectivity index (χ1v) is 10.1. The second kappa shape index (κ2) is 8.70. The first kappa shape index (κ1) is 20.8. The molecular weight excluding hydrogens is 415 g/mol. The Balaban J connectivity index is 1.49. The summed E-state index contributed by atoms with van der Waals surface area (Å²) in [5.41, 5.74) is 3.93. The summed E-state index contributed by atoms with van der Waals surface area (Å²) in [5, 5.41) is 7.29. The zero-order valence-electron chi connectivity index (χ0n) is 17.0. The van der Waals surface area contributed by atoms with Crippen LogP contribution >= 0.6 is 11.6 Å². The molecule has 156 valence electrons. The molecule has 1 heterocycles. The maximum absolute atomic E-state index is 13.0. The topological polar surface area (TPSA) is 66.9 Å². The zero-order chi connectivity index (χ0) is 22.0. The number of halogens is 2. The SMILES string of the molecule is Cc1ccc2c(NC(C)c3ccc(NC(=O)c4ccc(F)cc4)cc3)nc(Cl)nc2c1. The molecule has 0 aliphatic carbocycles. The highest BCUT2D eigenvalue weighted by Crippen LogP contribution is 2.27. The lowest BCUT2D eigenvalue weighted by Gasteiger charge is -2.17. The number of carbonyl (C=O) groups excluding carboxylic acids is 1. The fourth-order valence-corrected chi connectivity index (χ4v) is 3.44. The number of hydrogen-bond donors (Lipinski definition) is 2. The Morgan fingerprint density at radius 2 is 1.71 bits per heavy atom. The number of aromatic nitrogens is 2. The van der Waals surface area contributed by atoms with Crippen LogP contribution < -0.4 is 10.6 Å². The van der Waals surface area contributed by atoms with Crippen molar-refractivity contribution in [3.8, 4) is 0 Å². The maximum Gasteiger partial charge on any atom is 0.255 e. The fourth-order valence-electron chi connectivity index (χ4n) is 3.27. The lowest BCUT2D eigenvalue weighted by atomic mass is 10.1. The van der Waals surface area contributed by atoms with E-state index in [4.69, 9.17) is 11.6 Å². The minimum Gasteiger partial charge on any atom is -0.363 e. The van der Waals surface area contributed by atoms with Crippen LogP contribution in [-0.4, -0.2) is 15.9 Å². The lowest BCUT2D eigenvalue weighted by Crippen LogP contribution is -2.12. The number of rotatable bonds is 5. The van der Waals surface area contributed by atoms with Gasteiger partial charge in [-0.05, 0) is 85.1 Å². The molecule has 4 rings (SSSR count). The molecule has 0 bridgehead atoms. The summed E-state index contributed by atoms with van der Waals surface area (Å²) in [6, 6.07) is 18.8. The van der Waals surface area contributed by atoms with E-state index in [0.29, 0.717) is 17.1 Å². The van der Waals surface area contributed by atoms with E-state index < -0.39 is 0 Å². The molecule has 31 heavy (non-hydrogen) atoms. The van der Waals surface area contributed by atoms with E-state index in [0.717, 1.165) is 22.0 Å². The largest absolute Gasteiger partial charge is 0.363 e. The van der Waals surface area contributed by atoms with Gasteiger partial charge in [0.1, 0.15) is 11.6 Å². The van der Waals surface area contributed by atoms with E-state index in [1.807, 2.05) is 56.3 Å². The van der Waals surface area contributed by atoms with Gasteiger partial charge in [-0.15, -0.1) is 0 Å². The Hall–Kier alpha value is -3.51. The molecule has 1 amide bonds. The number of nitrogens with one attached hydrogen (secondary N) is 2. The van der Waals surface area contributed by atoms with E-state index >= 15 is 0 Å². The normalized spacial score (nSPS) is 11.9. The van der Waals surface area contributed by atoms with Crippen LogP contribution in [0, 0.1) is 12.7 Å². The summed E-state index contributed by atoms with van der Waals surface area (Å²) in [6.07, 6.45) is 0. The Morgan fingerprint density at radius 1 is 1.00 bits per heavy atom. The molecule has 7 heteroatoms. The minimum absolute atomic E-state index is 0.0580. The second-order valence-corrected chi connectivity index (χ2v) is 7.65. The molecule has 0 aliphatic rings. The Kier molecular flexibility index (Phi) is 5.82. The molecule has 2 N–H and O–H groups in total. The average molecular weight is 435 g/mol. The predicted octanol–water partition coefficient (Wildman–Crippen LogP) is 6.16. The molecule has 1 unspecified atom stereocenters. The molecule has 1 atom stereocenters. The Bertz CT molecular complexity index is 1240. The number of amides is 1. The van der Waals surface area contributed by atoms with Crippen LogP contribution in [0.5, 0.6) is 0 Å². The average Bonchev–Trinajstić information content (AvgIpc) is 2.74. The van der Waals surface area contributed by atoms with E-state index in [2.05, 4.69) is 20.6 Å². The summed E-state index contributed by atoms with van der Waals surface area (Å²) in [4.78, 5) is 20.9. The summed E-state index contributed by atoms with van der Waals surface area (Å²) in [5.74, 6) is -0.0113. The van der Waals surface area contributed by atoms with Gasteiger partial charge in [-0.3, -0.25) is 4.79 Å². The zero-order valence-corrected chi connectivity index (χ0v) is 17.7. The number of anilines is 2. The van der Waals surface area contributed by atoms with Gasteiger partial charge in [0.15, 0.2) is 0 Å². The van der Waals surface area contributed by atoms with Crippen molar-refractivity contribution < 1.29 is 9.18 Å². The quantitative estimate of drug-likeness (QED) is 0.369. The van der Waals surface area contributed by atoms with E-state index in [1.165, 1.54) is 24.3 Å². The molecule has 3 aromatic carbocycles. The third-order valence-corrected chi connectivity index (χ3v) is 5.12. The highest BCUT2D eigenvalue weighted by molar-refractivity contribution is 6.28. The van der Waals surface area contributed by atoms with E-state index in [1.54, 1.807) is 0 Å². The molecular formula is C24H20ClFN4O. The second-order valence-electron chi connectivity index (χ2n) is 7.31. The molecule has 0 aliphatic heterocycles. The number of fused-ring (bicyclic) bond motifs is 1. The fraction of sp³-hybridized carbons (Fsp3) is 0.125. The summed E-state index contributed by atoms with van der Waals surface area (Å²) in [7, 11) is 0. The molecule has 0 radical (unpaired) electrons. The van der Waals surface area contributed by atoms with Crippen molar-refractivity contribution in [2.24, 2.45) is 0 Å². The van der Waals surface area contributed by atoms with Gasteiger partial charge >= 0.3 is 0 Å². The highest BCUT2D eigenvalue weighted by Gasteiger charge is 2.12. The van der Waals surface area contributed by atoms with Crippen molar-refractivity contribution in [3.05, 3.63) is 94.5 Å². The Labute approximate surface area is 184 Å². The van der Waals surface area contributed by atoms with Crippen molar-refractivity contribution in [2.45, 2.75) is 19.9 Å². The van der Waals surface area contributed by atoms with Crippen molar-refractivity contribution in [1.82, 2.24) is 9.97 Å². The van der Waals surface area contributed by atoms with Crippen LogP contribution in [0.15, 0.2) is 66.7 Å². The standard InChI is InChI=1S/C24H20ClFN4O/c1-14-3-12-20-21(13-14)29-24(25)30-22(20)27-15(2)16-6-10-19(11-7-16)28-23(31)17-4-8-18(26)9-5-17/h3-13,15H,1-2H3,(H,28,31)(H,27,29,30). The Morgan fingerprint density at radius 3 is 2.42 bits per heavy atom. The van der Waals surface area contributed by atoms with Gasteiger partial charge < -0.3 is 10.6 Å². The number of carbonyl (C=O) groups is 1. The maximum atomic E-state index is 13.0. The van der Waals surface area contributed by atoms with E-state index in [-0.39, 0.29) is 23.0 Å². The monoisotopic (exact) mass is 434 g/mol. The summed E-state index contributed by atoms with van der Waals surface area (Å²) >= 11 is 6.11. The molecule has 4 aromatic rings. The molecule has 5 nitrogen and oxygen atoms in total. The summed E-state index contributed by atoms with van der Waals surface area (Å²) in [6.45, 7) is 4.02. The smallest absolute Gasteiger partial charge is 0.255 e. The summed E-state index contributed by atoms with van der Waals surface area (Å²) < 4.78 is 13.0. The number of aryl methyl sites for hydroxylation is 1. The van der Waals surface area contributed by atoms with E-state index in [9.17, 15) is 9.18 Å². The molecule has 1 aromatic heterocycles. The van der Waals surface area contributed by atoms with Crippen molar-refractivity contribution in [3.63, 3.8) is 0 Å². The number of nitrogens with zero attached hydrogens (tertiary/aromatic N) is 2. The van der Waals surface area contributed by atoms with Gasteiger partial charge in [0, 0.05) is 22.7 Å². The van der Waals surface area contributed by atoms with Crippen LogP contribution in [0.25, 0.3) is 10.9 Å². The minimum atomic E-state index is -0.379. The predicted molar refractivity (Wildman–Crippen MR) is 122 cm³/mol. The molecule has 0 saturated heterocycles. The third-order valence-electron chi connectivity index (χ3n) is 4.95. The van der Waals surface area contributed by atoms with Gasteiger partial charge in [0.25, 0.3) is 5.91 Å². The van der Waals surface area contributed by atoms with Gasteiger partial charge in [0.2, 0.25) is 5.28 Å². The van der Waals surface area contributed by atoms with Crippen molar-refractivity contribution in [2.75, 3.05) is 10.6 Å². The number of hydrogen-bond acceptors (Lipinski definition) is 4. The molecule has 0 saturated carbocycles. The van der Waals surface area contributed by atoms with Gasteiger partial charge in [-0.2, -0.15) is 0 Å². The molecule has 0 spiro atoms. The first-order valence-electron chi connectivity index (χ1n) is 9.76. The molecule has 0 fully saturated rings. The lowest BCUT2D eigenvalue weighted by molar-refractivity contribution is 0.102. The van der Waals surface area contributed by atoms with Gasteiger partial charge in [0.05, 0.1) is 5.52 Å². The van der Waals surface area contributed by atoms with Crippen LogP contribution in [0.2, 0.25) is 5.28 Å². The highest BCUT2D eigenvalue weighted by atomic mass is 35.5. The van der Waals surface area contributed by atoms with Crippen molar-refractivity contribution >= 4 is 39.9 Å². The number of benzene rings is 3. The van der Waals surface area contributed by atoms with Crippen LogP contribution in [0.4, 0.5) is 15.9 Å².